The number of allylic oxidation sites excluding steroid dienone is 3. The Balaban J connectivity index is 1.57. The number of carbonyl (C=O) groups excluding carboxylic acids is 3. The molecule has 0 radical (unpaired) electrons. The van der Waals surface area contributed by atoms with Crippen LogP contribution in [0.3, 0.4) is 0 Å². The average Bonchev–Trinajstić information content (AvgIpc) is 3.16. The molecular formula is C17H17N3O3. The highest BCUT2D eigenvalue weighted by Crippen LogP contribution is 2.39. The number of amides is 3. The minimum Gasteiger partial charge on any atom is -0.344 e. The summed E-state index contributed by atoms with van der Waals surface area (Å²) in [6, 6.07) is -0.524. The lowest BCUT2D eigenvalue weighted by molar-refractivity contribution is -0.123. The van der Waals surface area contributed by atoms with E-state index in [0.717, 1.165) is 30.5 Å². The summed E-state index contributed by atoms with van der Waals surface area (Å²) in [4.78, 5) is 39.5. The summed E-state index contributed by atoms with van der Waals surface area (Å²) in [6.07, 6.45) is 9.26. The molecule has 2 aliphatic heterocycles. The summed E-state index contributed by atoms with van der Waals surface area (Å²) in [7, 11) is 0. The first-order chi connectivity index (χ1) is 11.1. The van der Waals surface area contributed by atoms with E-state index in [0.29, 0.717) is 18.6 Å². The first-order valence-corrected chi connectivity index (χ1v) is 7.97. The summed E-state index contributed by atoms with van der Waals surface area (Å²) in [5.41, 5.74) is 3.43. The highest BCUT2D eigenvalue weighted by Gasteiger charge is 2.34. The SMILES string of the molecule is O=C1CCC(C(=O)N=C2C=CC3C(=C2)NC(=O)C2=C3CCC2)N1. The zero-order chi connectivity index (χ0) is 16.0. The fourth-order valence-corrected chi connectivity index (χ4v) is 3.66. The summed E-state index contributed by atoms with van der Waals surface area (Å²) in [6.45, 7) is 0. The van der Waals surface area contributed by atoms with Gasteiger partial charge in [0.1, 0.15) is 6.04 Å². The quantitative estimate of drug-likeness (QED) is 0.754. The standard InChI is InChI=1S/C17H17N3O3/c21-15-7-6-13(19-15)17(23)18-9-4-5-11-10-2-1-3-12(10)16(22)20-14(11)8-9/h4-5,8,11,13H,1-3,6-7H2,(H,19,21)(H,20,22). The minimum atomic E-state index is -0.524. The molecule has 2 atom stereocenters. The van der Waals surface area contributed by atoms with Crippen LogP contribution in [-0.2, 0) is 14.4 Å². The topological polar surface area (TPSA) is 87.6 Å². The van der Waals surface area contributed by atoms with Crippen LogP contribution >= 0.6 is 0 Å². The van der Waals surface area contributed by atoms with Gasteiger partial charge in [-0.1, -0.05) is 6.08 Å². The molecule has 1 fully saturated rings. The maximum absolute atomic E-state index is 12.1. The number of fused-ring (bicyclic) bond motifs is 2. The van der Waals surface area contributed by atoms with Gasteiger partial charge in [0.2, 0.25) is 5.91 Å². The van der Waals surface area contributed by atoms with E-state index >= 15 is 0 Å². The normalized spacial score (nSPS) is 30.8. The lowest BCUT2D eigenvalue weighted by Gasteiger charge is -2.28. The highest BCUT2D eigenvalue weighted by atomic mass is 16.2. The first-order valence-electron chi connectivity index (χ1n) is 7.97. The van der Waals surface area contributed by atoms with E-state index in [-0.39, 0.29) is 23.6 Å². The van der Waals surface area contributed by atoms with E-state index < -0.39 is 6.04 Å². The molecule has 3 amide bonds. The third-order valence-corrected chi connectivity index (χ3v) is 4.80. The number of hydrogen-bond acceptors (Lipinski definition) is 3. The van der Waals surface area contributed by atoms with Crippen LogP contribution in [0.5, 0.6) is 0 Å². The number of carbonyl (C=O) groups is 3. The van der Waals surface area contributed by atoms with Crippen molar-refractivity contribution in [2.24, 2.45) is 10.9 Å². The van der Waals surface area contributed by atoms with Crippen LogP contribution < -0.4 is 10.6 Å². The van der Waals surface area contributed by atoms with Gasteiger partial charge in [-0.25, -0.2) is 4.99 Å². The summed E-state index contributed by atoms with van der Waals surface area (Å²) >= 11 is 0. The van der Waals surface area contributed by atoms with Gasteiger partial charge in [0.25, 0.3) is 11.8 Å². The molecular weight excluding hydrogens is 294 g/mol. The Morgan fingerprint density at radius 3 is 2.87 bits per heavy atom. The second-order valence-electron chi connectivity index (χ2n) is 6.28. The Morgan fingerprint density at radius 2 is 2.09 bits per heavy atom. The number of aliphatic imine (C=N–C) groups is 1. The van der Waals surface area contributed by atoms with Crippen molar-refractivity contribution < 1.29 is 14.4 Å². The van der Waals surface area contributed by atoms with Crippen molar-refractivity contribution in [3.63, 3.8) is 0 Å². The molecule has 0 bridgehead atoms. The van der Waals surface area contributed by atoms with Crippen LogP contribution in [0.2, 0.25) is 0 Å². The zero-order valence-electron chi connectivity index (χ0n) is 12.6. The van der Waals surface area contributed by atoms with E-state index in [4.69, 9.17) is 0 Å². The molecule has 2 heterocycles. The van der Waals surface area contributed by atoms with Crippen LogP contribution in [-0.4, -0.2) is 29.5 Å². The molecule has 4 aliphatic rings. The van der Waals surface area contributed by atoms with Gasteiger partial charge in [-0.3, -0.25) is 14.4 Å². The molecule has 118 valence electrons. The van der Waals surface area contributed by atoms with Gasteiger partial charge in [0, 0.05) is 23.6 Å². The molecule has 2 unspecified atom stereocenters. The van der Waals surface area contributed by atoms with Crippen molar-refractivity contribution in [1.82, 2.24) is 10.6 Å². The molecule has 0 aromatic heterocycles. The predicted molar refractivity (Wildman–Crippen MR) is 83.3 cm³/mol. The maximum atomic E-state index is 12.1. The van der Waals surface area contributed by atoms with Crippen molar-refractivity contribution in [2.75, 3.05) is 0 Å². The Bertz CT molecular complexity index is 742. The van der Waals surface area contributed by atoms with Crippen molar-refractivity contribution in [1.29, 1.82) is 0 Å². The number of hydrogen-bond donors (Lipinski definition) is 2. The molecule has 1 saturated heterocycles. The predicted octanol–water partition coefficient (Wildman–Crippen LogP) is 0.913. The summed E-state index contributed by atoms with van der Waals surface area (Å²) in [5, 5.41) is 5.54. The average molecular weight is 311 g/mol. The van der Waals surface area contributed by atoms with Gasteiger partial charge >= 0.3 is 0 Å². The lowest BCUT2D eigenvalue weighted by Crippen LogP contribution is -2.36. The van der Waals surface area contributed by atoms with E-state index in [9.17, 15) is 14.4 Å². The fourth-order valence-electron chi connectivity index (χ4n) is 3.66. The summed E-state index contributed by atoms with van der Waals surface area (Å²) in [5.74, 6) is -0.371. The van der Waals surface area contributed by atoms with E-state index in [1.54, 1.807) is 6.08 Å². The smallest absolute Gasteiger partial charge is 0.268 e. The molecule has 0 aromatic rings. The summed E-state index contributed by atoms with van der Waals surface area (Å²) < 4.78 is 0. The fraction of sp³-hybridized carbons (Fsp3) is 0.412. The van der Waals surface area contributed by atoms with Gasteiger partial charge in [0.05, 0.1) is 5.71 Å². The van der Waals surface area contributed by atoms with Gasteiger partial charge in [-0.05, 0) is 43.4 Å². The molecule has 0 saturated carbocycles. The molecule has 2 N–H and O–H groups in total. The third-order valence-electron chi connectivity index (χ3n) is 4.80. The molecule has 2 aliphatic carbocycles. The molecule has 4 rings (SSSR count). The van der Waals surface area contributed by atoms with Gasteiger partial charge in [0.15, 0.2) is 0 Å². The maximum Gasteiger partial charge on any atom is 0.268 e. The van der Waals surface area contributed by atoms with E-state index in [1.807, 2.05) is 12.2 Å². The first kappa shape index (κ1) is 14.1. The van der Waals surface area contributed by atoms with Crippen molar-refractivity contribution >= 4 is 23.4 Å². The Hall–Kier alpha value is -2.50. The second kappa shape index (κ2) is 5.30. The Morgan fingerprint density at radius 1 is 1.22 bits per heavy atom. The molecule has 6 nitrogen and oxygen atoms in total. The van der Waals surface area contributed by atoms with E-state index in [2.05, 4.69) is 15.6 Å². The van der Waals surface area contributed by atoms with Crippen LogP contribution in [0.25, 0.3) is 0 Å². The van der Waals surface area contributed by atoms with Crippen LogP contribution in [0.1, 0.15) is 32.1 Å². The van der Waals surface area contributed by atoms with Crippen LogP contribution in [0.4, 0.5) is 0 Å². The Kier molecular flexibility index (Phi) is 3.25. The molecule has 6 heteroatoms. The number of nitrogens with one attached hydrogen (secondary N) is 2. The van der Waals surface area contributed by atoms with Gasteiger partial charge in [-0.15, -0.1) is 0 Å². The number of nitrogens with zero attached hydrogens (tertiary/aromatic N) is 1. The molecule has 0 spiro atoms. The third kappa shape index (κ3) is 2.44. The lowest BCUT2D eigenvalue weighted by atomic mass is 9.85. The van der Waals surface area contributed by atoms with Crippen molar-refractivity contribution in [3.8, 4) is 0 Å². The highest BCUT2D eigenvalue weighted by molar-refractivity contribution is 6.12. The monoisotopic (exact) mass is 311 g/mol. The van der Waals surface area contributed by atoms with E-state index in [1.165, 1.54) is 5.57 Å². The number of rotatable bonds is 1. The largest absolute Gasteiger partial charge is 0.344 e. The Labute approximate surface area is 133 Å². The minimum absolute atomic E-state index is 0.0240. The van der Waals surface area contributed by atoms with Crippen LogP contribution in [0, 0.1) is 5.92 Å². The molecule has 23 heavy (non-hydrogen) atoms. The van der Waals surface area contributed by atoms with Crippen molar-refractivity contribution in [3.05, 3.63) is 35.1 Å². The van der Waals surface area contributed by atoms with Gasteiger partial charge < -0.3 is 10.6 Å². The molecule has 0 aromatic carbocycles. The van der Waals surface area contributed by atoms with Crippen molar-refractivity contribution in [2.45, 2.75) is 38.1 Å². The van der Waals surface area contributed by atoms with Crippen LogP contribution in [0.15, 0.2) is 40.1 Å². The zero-order valence-corrected chi connectivity index (χ0v) is 12.6. The van der Waals surface area contributed by atoms with Gasteiger partial charge in [-0.2, -0.15) is 0 Å². The second-order valence-corrected chi connectivity index (χ2v) is 6.28.